The molecule has 1 aliphatic carbocycles. The first-order chi connectivity index (χ1) is 15.7. The van der Waals surface area contributed by atoms with E-state index in [1.807, 2.05) is 0 Å². The van der Waals surface area contributed by atoms with Crippen molar-refractivity contribution in [3.05, 3.63) is 63.5 Å². The number of halogens is 2. The maximum Gasteiger partial charge on any atom is 0.305 e. The Hall–Kier alpha value is -2.47. The zero-order valence-corrected chi connectivity index (χ0v) is 20.4. The maximum absolute atomic E-state index is 13.1. The van der Waals surface area contributed by atoms with E-state index in [0.717, 1.165) is 17.7 Å². The molecule has 174 valence electrons. The lowest BCUT2D eigenvalue weighted by atomic mass is 9.94. The van der Waals surface area contributed by atoms with Gasteiger partial charge in [0.05, 0.1) is 40.9 Å². The van der Waals surface area contributed by atoms with Crippen LogP contribution in [0.15, 0.2) is 52.1 Å². The number of carbonyl (C=O) groups is 1. The highest BCUT2D eigenvalue weighted by Gasteiger charge is 2.29. The molecule has 12 heteroatoms. The summed E-state index contributed by atoms with van der Waals surface area (Å²) in [7, 11) is -3.89. The minimum absolute atomic E-state index is 0.0220. The molecular formula is C21H20BrClN4O5S. The van der Waals surface area contributed by atoms with Crippen LogP contribution in [0.3, 0.4) is 0 Å². The first-order valence-electron chi connectivity index (χ1n) is 10.1. The third-order valence-corrected chi connectivity index (χ3v) is 7.55. The summed E-state index contributed by atoms with van der Waals surface area (Å²) < 4.78 is 36.6. The number of carboxylic acids is 1. The molecule has 1 aliphatic rings. The summed E-state index contributed by atoms with van der Waals surface area (Å²) in [6.07, 6.45) is 4.86. The lowest BCUT2D eigenvalue weighted by molar-refractivity contribution is -0.137. The second-order valence-corrected chi connectivity index (χ2v) is 10.4. The number of hydrogen-bond donors (Lipinski definition) is 2. The standard InChI is InChI=1S/C21H20BrClN4O5S/c22-15-10-13(11-24-21(15)32-19-7-2-1-4-16(19)23)33(30,31)26-17-5-3-6-18-14(17)12-25-27(18)9-8-20(28)29/h1-2,4,7,10-12,17,26H,3,5-6,8-9H2,(H,28,29)/t17-/m1/s1. The van der Waals surface area contributed by atoms with Crippen LogP contribution in [-0.2, 0) is 27.8 Å². The second-order valence-electron chi connectivity index (χ2n) is 7.47. The third kappa shape index (κ3) is 5.37. The predicted molar refractivity (Wildman–Crippen MR) is 124 cm³/mol. The van der Waals surface area contributed by atoms with Gasteiger partial charge in [-0.1, -0.05) is 23.7 Å². The highest BCUT2D eigenvalue weighted by molar-refractivity contribution is 9.10. The fourth-order valence-corrected chi connectivity index (χ4v) is 5.63. The van der Waals surface area contributed by atoms with E-state index in [0.29, 0.717) is 28.1 Å². The molecule has 0 spiro atoms. The number of hydrogen-bond acceptors (Lipinski definition) is 6. The van der Waals surface area contributed by atoms with Crippen molar-refractivity contribution in [2.75, 3.05) is 0 Å². The van der Waals surface area contributed by atoms with Crippen LogP contribution in [0.2, 0.25) is 5.02 Å². The number of aromatic nitrogens is 3. The van der Waals surface area contributed by atoms with Crippen molar-refractivity contribution in [2.45, 2.75) is 43.2 Å². The number of benzene rings is 1. The van der Waals surface area contributed by atoms with Crippen molar-refractivity contribution in [1.29, 1.82) is 0 Å². The molecule has 0 bridgehead atoms. The van der Waals surface area contributed by atoms with Gasteiger partial charge in [0.1, 0.15) is 10.6 Å². The maximum atomic E-state index is 13.1. The van der Waals surface area contributed by atoms with Crippen LogP contribution in [-0.4, -0.2) is 34.3 Å². The Balaban J connectivity index is 1.52. The summed E-state index contributed by atoms with van der Waals surface area (Å²) in [5, 5.41) is 13.6. The van der Waals surface area contributed by atoms with E-state index in [2.05, 4.69) is 30.7 Å². The summed E-state index contributed by atoms with van der Waals surface area (Å²) in [6.45, 7) is 0.244. The highest BCUT2D eigenvalue weighted by atomic mass is 79.9. The fraction of sp³-hybridized carbons (Fsp3) is 0.286. The number of aliphatic carboxylic acids is 1. The predicted octanol–water partition coefficient (Wildman–Crippen LogP) is 4.32. The number of para-hydroxylation sites is 1. The van der Waals surface area contributed by atoms with Crippen molar-refractivity contribution in [1.82, 2.24) is 19.5 Å². The molecule has 2 aromatic heterocycles. The largest absolute Gasteiger partial charge is 0.481 e. The van der Waals surface area contributed by atoms with E-state index < -0.39 is 22.0 Å². The molecule has 2 heterocycles. The smallest absolute Gasteiger partial charge is 0.305 e. The quantitative estimate of drug-likeness (QED) is 0.424. The first kappa shape index (κ1) is 23.7. The van der Waals surface area contributed by atoms with Gasteiger partial charge in [-0.05, 0) is 53.4 Å². The minimum Gasteiger partial charge on any atom is -0.481 e. The Bertz CT molecular complexity index is 1300. The summed E-state index contributed by atoms with van der Waals surface area (Å²) in [5.74, 6) is -0.329. The number of nitrogens with zero attached hydrogens (tertiary/aromatic N) is 3. The number of sulfonamides is 1. The summed E-state index contributed by atoms with van der Waals surface area (Å²) in [4.78, 5) is 15.0. The summed E-state index contributed by atoms with van der Waals surface area (Å²) >= 11 is 9.43. The van der Waals surface area contributed by atoms with Crippen LogP contribution in [0.4, 0.5) is 0 Å². The molecule has 33 heavy (non-hydrogen) atoms. The molecule has 0 radical (unpaired) electrons. The number of aryl methyl sites for hydroxylation is 1. The SMILES string of the molecule is O=C(O)CCn1ncc2c1CCC[C@H]2NS(=O)(=O)c1cnc(Oc2ccccc2Cl)c(Br)c1. The Morgan fingerprint density at radius 3 is 2.85 bits per heavy atom. The van der Waals surface area contributed by atoms with Crippen molar-refractivity contribution in [2.24, 2.45) is 0 Å². The molecule has 0 unspecified atom stereocenters. The molecule has 4 rings (SSSR count). The van der Waals surface area contributed by atoms with Crippen LogP contribution in [0.5, 0.6) is 11.6 Å². The van der Waals surface area contributed by atoms with E-state index in [-0.39, 0.29) is 23.7 Å². The van der Waals surface area contributed by atoms with Gasteiger partial charge in [0.25, 0.3) is 0 Å². The molecule has 0 saturated heterocycles. The molecule has 0 amide bonds. The van der Waals surface area contributed by atoms with Crippen LogP contribution in [0.1, 0.15) is 36.6 Å². The molecule has 9 nitrogen and oxygen atoms in total. The van der Waals surface area contributed by atoms with Gasteiger partial charge < -0.3 is 9.84 Å². The van der Waals surface area contributed by atoms with Gasteiger partial charge in [-0.15, -0.1) is 0 Å². The van der Waals surface area contributed by atoms with Crippen molar-refractivity contribution < 1.29 is 23.1 Å². The molecular weight excluding hydrogens is 536 g/mol. The lowest BCUT2D eigenvalue weighted by Gasteiger charge is -2.24. The van der Waals surface area contributed by atoms with Gasteiger partial charge in [-0.3, -0.25) is 9.48 Å². The number of ether oxygens (including phenoxy) is 1. The van der Waals surface area contributed by atoms with Gasteiger partial charge >= 0.3 is 5.97 Å². The average molecular weight is 556 g/mol. The molecule has 0 saturated carbocycles. The Morgan fingerprint density at radius 2 is 2.12 bits per heavy atom. The van der Waals surface area contributed by atoms with E-state index in [1.54, 1.807) is 35.1 Å². The van der Waals surface area contributed by atoms with E-state index in [9.17, 15) is 13.2 Å². The summed E-state index contributed by atoms with van der Waals surface area (Å²) in [5.41, 5.74) is 1.62. The number of pyridine rings is 1. The Labute approximate surface area is 203 Å². The van der Waals surface area contributed by atoms with Gasteiger partial charge in [0.2, 0.25) is 15.9 Å². The second kappa shape index (κ2) is 9.80. The van der Waals surface area contributed by atoms with E-state index in [4.69, 9.17) is 21.4 Å². The number of fused-ring (bicyclic) bond motifs is 1. The molecule has 0 aliphatic heterocycles. The monoisotopic (exact) mass is 554 g/mol. The highest BCUT2D eigenvalue weighted by Crippen LogP contribution is 2.34. The molecule has 1 aromatic carbocycles. The molecule has 2 N–H and O–H groups in total. The van der Waals surface area contributed by atoms with Crippen LogP contribution >= 0.6 is 27.5 Å². The Kier molecular flexibility index (Phi) is 7.03. The van der Waals surface area contributed by atoms with E-state index in [1.165, 1.54) is 12.3 Å². The van der Waals surface area contributed by atoms with Crippen LogP contribution in [0.25, 0.3) is 0 Å². The van der Waals surface area contributed by atoms with Crippen LogP contribution in [0, 0.1) is 0 Å². The van der Waals surface area contributed by atoms with Crippen molar-refractivity contribution in [3.63, 3.8) is 0 Å². The van der Waals surface area contributed by atoms with Gasteiger partial charge in [-0.2, -0.15) is 5.10 Å². The van der Waals surface area contributed by atoms with Gasteiger partial charge in [-0.25, -0.2) is 18.1 Å². The third-order valence-electron chi connectivity index (χ3n) is 5.23. The summed E-state index contributed by atoms with van der Waals surface area (Å²) in [6, 6.07) is 7.85. The number of nitrogens with one attached hydrogen (secondary N) is 1. The van der Waals surface area contributed by atoms with Crippen molar-refractivity contribution >= 4 is 43.5 Å². The topological polar surface area (TPSA) is 123 Å². The van der Waals surface area contributed by atoms with E-state index >= 15 is 0 Å². The first-order valence-corrected chi connectivity index (χ1v) is 12.8. The lowest BCUT2D eigenvalue weighted by Crippen LogP contribution is -2.31. The minimum atomic E-state index is -3.89. The normalized spacial score (nSPS) is 15.8. The zero-order chi connectivity index (χ0) is 23.6. The molecule has 0 fully saturated rings. The Morgan fingerprint density at radius 1 is 1.33 bits per heavy atom. The van der Waals surface area contributed by atoms with Gasteiger partial charge in [0.15, 0.2) is 0 Å². The average Bonchev–Trinajstić information content (AvgIpc) is 3.19. The number of carboxylic acid groups (broad SMARTS) is 1. The molecule has 3 aromatic rings. The van der Waals surface area contributed by atoms with Gasteiger partial charge in [0, 0.05) is 11.3 Å². The van der Waals surface area contributed by atoms with Crippen LogP contribution < -0.4 is 9.46 Å². The fourth-order valence-electron chi connectivity index (χ4n) is 3.65. The zero-order valence-electron chi connectivity index (χ0n) is 17.2. The molecule has 1 atom stereocenters. The van der Waals surface area contributed by atoms with Crippen molar-refractivity contribution in [3.8, 4) is 11.6 Å². The number of rotatable bonds is 8.